The van der Waals surface area contributed by atoms with Crippen LogP contribution in [0.15, 0.2) is 121 Å². The van der Waals surface area contributed by atoms with Crippen LogP contribution in [-0.2, 0) is 6.42 Å². The average Bonchev–Trinajstić information content (AvgIpc) is 3.03. The van der Waals surface area contributed by atoms with Crippen molar-refractivity contribution in [1.82, 2.24) is 0 Å². The van der Waals surface area contributed by atoms with Gasteiger partial charge in [0.25, 0.3) is 0 Å². The molecule has 40 heavy (non-hydrogen) atoms. The number of benzene rings is 6. The molecule has 0 aliphatic heterocycles. The summed E-state index contributed by atoms with van der Waals surface area (Å²) in [6.45, 7) is 0. The Hall–Kier alpha value is -4.42. The lowest BCUT2D eigenvalue weighted by atomic mass is 9.80. The molecule has 0 fully saturated rings. The van der Waals surface area contributed by atoms with Crippen LogP contribution in [0.3, 0.4) is 0 Å². The van der Waals surface area contributed by atoms with Crippen molar-refractivity contribution in [2.45, 2.75) is 38.0 Å². The fourth-order valence-electron chi connectivity index (χ4n) is 7.12. The summed E-state index contributed by atoms with van der Waals surface area (Å²) >= 11 is 0. The van der Waals surface area contributed by atoms with Gasteiger partial charge in [-0.05, 0) is 115 Å². The maximum Gasteiger partial charge on any atom is 0.00303 e. The van der Waals surface area contributed by atoms with E-state index in [2.05, 4.69) is 127 Å². The molecule has 8 rings (SSSR count). The fourth-order valence-corrected chi connectivity index (χ4v) is 7.12. The maximum atomic E-state index is 2.45. The van der Waals surface area contributed by atoms with Gasteiger partial charge in [0.15, 0.2) is 0 Å². The second kappa shape index (κ2) is 9.65. The second-order valence-corrected chi connectivity index (χ2v) is 11.5. The first-order valence-electron chi connectivity index (χ1n) is 14.8. The summed E-state index contributed by atoms with van der Waals surface area (Å²) in [5.41, 5.74) is 9.56. The molecule has 6 aromatic rings. The summed E-state index contributed by atoms with van der Waals surface area (Å²) in [6.07, 6.45) is 15.3. The summed E-state index contributed by atoms with van der Waals surface area (Å²) in [5, 5.41) is 8.07. The van der Waals surface area contributed by atoms with E-state index >= 15 is 0 Å². The number of allylic oxidation sites excluding steroid dienone is 3. The molecule has 0 aromatic heterocycles. The van der Waals surface area contributed by atoms with Crippen LogP contribution in [0.2, 0.25) is 0 Å². The van der Waals surface area contributed by atoms with Crippen LogP contribution in [0, 0.1) is 0 Å². The monoisotopic (exact) mass is 512 g/mol. The van der Waals surface area contributed by atoms with Gasteiger partial charge in [-0.15, -0.1) is 0 Å². The molecular weight excluding hydrogens is 480 g/mol. The maximum absolute atomic E-state index is 2.45. The van der Waals surface area contributed by atoms with Gasteiger partial charge in [-0.2, -0.15) is 0 Å². The molecule has 2 aliphatic carbocycles. The zero-order valence-corrected chi connectivity index (χ0v) is 22.7. The summed E-state index contributed by atoms with van der Waals surface area (Å²) in [5.74, 6) is 0.479. The van der Waals surface area contributed by atoms with Crippen LogP contribution in [0.25, 0.3) is 60.6 Å². The number of fused-ring (bicyclic) bond motifs is 4. The Morgan fingerprint density at radius 3 is 1.93 bits per heavy atom. The highest BCUT2D eigenvalue weighted by molar-refractivity contribution is 6.16. The van der Waals surface area contributed by atoms with Gasteiger partial charge in [0.1, 0.15) is 0 Å². The van der Waals surface area contributed by atoms with Crippen molar-refractivity contribution in [3.8, 4) is 22.3 Å². The van der Waals surface area contributed by atoms with E-state index in [0.717, 1.165) is 12.8 Å². The molecular formula is C40H32. The van der Waals surface area contributed by atoms with E-state index in [1.165, 1.54) is 90.5 Å². The Kier molecular flexibility index (Phi) is 5.66. The highest BCUT2D eigenvalue weighted by atomic mass is 14.2. The lowest BCUT2D eigenvalue weighted by Crippen LogP contribution is -2.02. The normalized spacial score (nSPS) is 16.6. The van der Waals surface area contributed by atoms with Gasteiger partial charge in [-0.1, -0.05) is 115 Å². The number of rotatable bonds is 3. The third kappa shape index (κ3) is 3.90. The van der Waals surface area contributed by atoms with E-state index in [-0.39, 0.29) is 0 Å². The molecule has 0 N–H and O–H groups in total. The van der Waals surface area contributed by atoms with Gasteiger partial charge >= 0.3 is 0 Å². The van der Waals surface area contributed by atoms with E-state index in [9.17, 15) is 0 Å². The fraction of sp³-hybridized carbons (Fsp3) is 0.150. The van der Waals surface area contributed by atoms with Gasteiger partial charge in [0.05, 0.1) is 0 Å². The van der Waals surface area contributed by atoms with Crippen LogP contribution in [0.1, 0.15) is 48.3 Å². The van der Waals surface area contributed by atoms with E-state index in [4.69, 9.17) is 0 Å². The van der Waals surface area contributed by atoms with Crippen LogP contribution >= 0.6 is 0 Å². The first-order valence-corrected chi connectivity index (χ1v) is 14.8. The van der Waals surface area contributed by atoms with Gasteiger partial charge in [-0.25, -0.2) is 0 Å². The minimum absolute atomic E-state index is 0.479. The van der Waals surface area contributed by atoms with E-state index in [1.54, 1.807) is 0 Å². The molecule has 0 saturated heterocycles. The van der Waals surface area contributed by atoms with Gasteiger partial charge in [-0.3, -0.25) is 0 Å². The third-order valence-electron chi connectivity index (χ3n) is 9.08. The third-order valence-corrected chi connectivity index (χ3v) is 9.08. The summed E-state index contributed by atoms with van der Waals surface area (Å²) in [6, 6.07) is 39.1. The Labute approximate surface area is 236 Å². The Bertz CT molecular complexity index is 1930. The zero-order valence-electron chi connectivity index (χ0n) is 22.7. The molecule has 0 heteroatoms. The predicted octanol–water partition coefficient (Wildman–Crippen LogP) is 11.3. The van der Waals surface area contributed by atoms with Crippen molar-refractivity contribution in [3.63, 3.8) is 0 Å². The van der Waals surface area contributed by atoms with Gasteiger partial charge in [0, 0.05) is 5.92 Å². The largest absolute Gasteiger partial charge is 0.0879 e. The summed E-state index contributed by atoms with van der Waals surface area (Å²) in [4.78, 5) is 0. The lowest BCUT2D eigenvalue weighted by Gasteiger charge is -2.23. The van der Waals surface area contributed by atoms with E-state index in [1.807, 2.05) is 0 Å². The molecule has 0 nitrogen and oxygen atoms in total. The van der Waals surface area contributed by atoms with Crippen LogP contribution < -0.4 is 0 Å². The van der Waals surface area contributed by atoms with Crippen LogP contribution in [0.5, 0.6) is 0 Å². The molecule has 2 aliphatic rings. The van der Waals surface area contributed by atoms with Gasteiger partial charge in [0.2, 0.25) is 0 Å². The molecule has 1 atom stereocenters. The molecule has 0 heterocycles. The van der Waals surface area contributed by atoms with Crippen molar-refractivity contribution in [1.29, 1.82) is 0 Å². The van der Waals surface area contributed by atoms with E-state index < -0.39 is 0 Å². The van der Waals surface area contributed by atoms with Crippen molar-refractivity contribution < 1.29 is 0 Å². The molecule has 0 amide bonds. The van der Waals surface area contributed by atoms with E-state index in [0.29, 0.717) is 5.92 Å². The lowest BCUT2D eigenvalue weighted by molar-refractivity contribution is 0.660. The smallest absolute Gasteiger partial charge is 0.00303 e. The Balaban J connectivity index is 1.29. The molecule has 0 saturated carbocycles. The van der Waals surface area contributed by atoms with Crippen LogP contribution in [-0.4, -0.2) is 0 Å². The number of aryl methyl sites for hydroxylation is 1. The van der Waals surface area contributed by atoms with Crippen molar-refractivity contribution in [2.75, 3.05) is 0 Å². The number of hydrogen-bond donors (Lipinski definition) is 0. The molecule has 192 valence electrons. The van der Waals surface area contributed by atoms with Crippen molar-refractivity contribution in [2.24, 2.45) is 0 Å². The van der Waals surface area contributed by atoms with Gasteiger partial charge < -0.3 is 0 Å². The predicted molar refractivity (Wildman–Crippen MR) is 173 cm³/mol. The standard InChI is InChI=1S/C40H32/c1-2-11-28(12-3-1)39-35-14-6-8-16-37(35)40(38-17-9-7-15-36(38)39)34-23-22-32-25-31(20-21-33(32)26-34)30-19-18-27-10-4-5-13-29(27)24-30/h2,4,6-11,14-26,28H,1,3,5,12-13H2. The highest BCUT2D eigenvalue weighted by Crippen LogP contribution is 2.44. The first kappa shape index (κ1) is 23.5. The minimum Gasteiger partial charge on any atom is -0.0879 e. The topological polar surface area (TPSA) is 0 Å². The molecule has 6 aromatic carbocycles. The Morgan fingerprint density at radius 1 is 0.550 bits per heavy atom. The summed E-state index contributed by atoms with van der Waals surface area (Å²) in [7, 11) is 0. The van der Waals surface area contributed by atoms with Crippen LogP contribution in [0.4, 0.5) is 0 Å². The average molecular weight is 513 g/mol. The molecule has 1 unspecified atom stereocenters. The molecule has 0 bridgehead atoms. The minimum atomic E-state index is 0.479. The Morgan fingerprint density at radius 2 is 1.20 bits per heavy atom. The SMILES string of the molecule is C1=CC(c2c3ccccc3c(-c3ccc4cc(-c5ccc6c(c5)CCC=C6)ccc4c3)c3ccccc23)CCC1. The van der Waals surface area contributed by atoms with Crippen molar-refractivity contribution >= 4 is 38.4 Å². The molecule has 0 spiro atoms. The molecule has 0 radical (unpaired) electrons. The van der Waals surface area contributed by atoms with Crippen molar-refractivity contribution in [3.05, 3.63) is 138 Å². The highest BCUT2D eigenvalue weighted by Gasteiger charge is 2.21. The number of hydrogen-bond acceptors (Lipinski definition) is 0. The quantitative estimate of drug-likeness (QED) is 0.163. The zero-order chi connectivity index (χ0) is 26.5. The summed E-state index contributed by atoms with van der Waals surface area (Å²) < 4.78 is 0. The second-order valence-electron chi connectivity index (χ2n) is 11.5. The first-order chi connectivity index (χ1) is 19.8.